The number of amides is 1. The molecular weight excluding hydrogens is 559 g/mol. The maximum absolute atomic E-state index is 14.0. The first-order chi connectivity index (χ1) is 20.6. The Kier molecular flexibility index (Phi) is 8.87. The van der Waals surface area contributed by atoms with Gasteiger partial charge in [0.2, 0.25) is 0 Å². The molecule has 1 N–H and O–H groups in total. The highest BCUT2D eigenvalue weighted by Gasteiger charge is 2.59. The monoisotopic (exact) mass is 591 g/mol. The van der Waals surface area contributed by atoms with Crippen molar-refractivity contribution in [3.8, 4) is 0 Å². The number of aryl methyl sites for hydroxylation is 1. The molecule has 5 rings (SSSR count). The molecule has 9 heteroatoms. The lowest BCUT2D eigenvalue weighted by Gasteiger charge is -2.40. The summed E-state index contributed by atoms with van der Waals surface area (Å²) in [6, 6.07) is 30.6. The summed E-state index contributed by atoms with van der Waals surface area (Å²) < 4.78 is 58.8. The van der Waals surface area contributed by atoms with Crippen LogP contribution in [-0.2, 0) is 32.5 Å². The molecule has 6 nitrogen and oxygen atoms in total. The average molecular weight is 592 g/mol. The van der Waals surface area contributed by atoms with E-state index in [2.05, 4.69) is 0 Å². The lowest BCUT2D eigenvalue weighted by molar-refractivity contribution is -0.138. The Morgan fingerprint density at radius 2 is 1.56 bits per heavy atom. The Hall–Kier alpha value is -4.18. The van der Waals surface area contributed by atoms with Gasteiger partial charge in [-0.2, -0.15) is 13.2 Å². The molecule has 0 saturated carbocycles. The number of ether oxygens (including phenoxy) is 3. The summed E-state index contributed by atoms with van der Waals surface area (Å²) in [6.07, 6.45) is -8.73. The number of halogens is 3. The minimum absolute atomic E-state index is 0.0284. The van der Waals surface area contributed by atoms with Crippen molar-refractivity contribution in [3.05, 3.63) is 143 Å². The lowest BCUT2D eigenvalue weighted by Crippen LogP contribution is -2.54. The Morgan fingerprint density at radius 3 is 2.19 bits per heavy atom. The molecule has 1 saturated heterocycles. The average Bonchev–Trinajstić information content (AvgIpc) is 3.32. The SMILES string of the molecule is Cc1cc([C@@H](C)OC[C@@]2(c3ccccc3)C(O)O[C@H](c3ccccc3)N2C(=O)OCc2ccccc2)cc(C(F)(F)F)c1. The van der Waals surface area contributed by atoms with Crippen molar-refractivity contribution in [1.29, 1.82) is 0 Å². The van der Waals surface area contributed by atoms with Crippen LogP contribution in [0.5, 0.6) is 0 Å². The molecule has 224 valence electrons. The molecule has 0 spiro atoms. The summed E-state index contributed by atoms with van der Waals surface area (Å²) in [5.74, 6) is 0. The van der Waals surface area contributed by atoms with Crippen molar-refractivity contribution < 1.29 is 37.3 Å². The molecule has 0 radical (unpaired) electrons. The van der Waals surface area contributed by atoms with Crippen molar-refractivity contribution in [1.82, 2.24) is 4.90 Å². The fraction of sp³-hybridized carbons (Fsp3) is 0.265. The van der Waals surface area contributed by atoms with Crippen LogP contribution in [0, 0.1) is 6.92 Å². The van der Waals surface area contributed by atoms with Crippen LogP contribution in [-0.4, -0.2) is 29.0 Å². The van der Waals surface area contributed by atoms with Crippen LogP contribution in [0.15, 0.2) is 109 Å². The predicted octanol–water partition coefficient (Wildman–Crippen LogP) is 7.67. The Morgan fingerprint density at radius 1 is 0.953 bits per heavy atom. The van der Waals surface area contributed by atoms with E-state index in [1.54, 1.807) is 74.5 Å². The second kappa shape index (κ2) is 12.6. The molecule has 1 fully saturated rings. The third kappa shape index (κ3) is 6.44. The first-order valence-electron chi connectivity index (χ1n) is 13.8. The highest BCUT2D eigenvalue weighted by molar-refractivity contribution is 5.70. The molecule has 1 unspecified atom stereocenters. The number of benzene rings is 4. The minimum Gasteiger partial charge on any atom is -0.444 e. The molecule has 4 atom stereocenters. The number of alkyl halides is 3. The van der Waals surface area contributed by atoms with Crippen molar-refractivity contribution in [2.45, 2.75) is 50.8 Å². The highest BCUT2D eigenvalue weighted by atomic mass is 19.4. The van der Waals surface area contributed by atoms with Gasteiger partial charge in [0.25, 0.3) is 0 Å². The van der Waals surface area contributed by atoms with Gasteiger partial charge in [-0.05, 0) is 42.7 Å². The van der Waals surface area contributed by atoms with Gasteiger partial charge in [0.15, 0.2) is 12.5 Å². The second-order valence-electron chi connectivity index (χ2n) is 10.5. The Bertz CT molecular complexity index is 1520. The first kappa shape index (κ1) is 30.3. The molecule has 1 aliphatic heterocycles. The summed E-state index contributed by atoms with van der Waals surface area (Å²) in [7, 11) is 0. The summed E-state index contributed by atoms with van der Waals surface area (Å²) in [5, 5.41) is 11.6. The van der Waals surface area contributed by atoms with Gasteiger partial charge in [0.1, 0.15) is 12.1 Å². The molecule has 1 aliphatic rings. The molecular formula is C34H32F3NO5. The van der Waals surface area contributed by atoms with Gasteiger partial charge in [0, 0.05) is 5.56 Å². The third-order valence-electron chi connectivity index (χ3n) is 7.54. The topological polar surface area (TPSA) is 68.2 Å². The van der Waals surface area contributed by atoms with Crippen molar-refractivity contribution in [2.75, 3.05) is 6.61 Å². The Labute approximate surface area is 248 Å². The number of carbonyl (C=O) groups excluding carboxylic acids is 1. The zero-order valence-electron chi connectivity index (χ0n) is 23.7. The summed E-state index contributed by atoms with van der Waals surface area (Å²) in [4.78, 5) is 15.3. The third-order valence-corrected chi connectivity index (χ3v) is 7.54. The van der Waals surface area contributed by atoms with E-state index < -0.39 is 42.0 Å². The molecule has 1 heterocycles. The summed E-state index contributed by atoms with van der Waals surface area (Å²) in [6.45, 7) is 2.88. The van der Waals surface area contributed by atoms with Gasteiger partial charge in [0.05, 0.1) is 18.3 Å². The van der Waals surface area contributed by atoms with E-state index in [0.717, 1.165) is 17.7 Å². The molecule has 4 aromatic carbocycles. The van der Waals surface area contributed by atoms with E-state index in [1.807, 2.05) is 36.4 Å². The van der Waals surface area contributed by atoms with Gasteiger partial charge >= 0.3 is 12.3 Å². The van der Waals surface area contributed by atoms with Crippen molar-refractivity contribution in [3.63, 3.8) is 0 Å². The quantitative estimate of drug-likeness (QED) is 0.228. The number of hydrogen-bond donors (Lipinski definition) is 1. The van der Waals surface area contributed by atoms with Gasteiger partial charge in [-0.25, -0.2) is 4.79 Å². The van der Waals surface area contributed by atoms with Gasteiger partial charge in [-0.15, -0.1) is 0 Å². The number of aliphatic hydroxyl groups is 1. The standard InChI is InChI=1S/C34H32F3NO5/c1-23-18-27(20-29(19-23)34(35,36)37)24(2)42-22-33(28-16-10-5-11-17-28)31(39)43-30(26-14-8-4-9-15-26)38(33)32(40)41-21-25-12-6-3-7-13-25/h3-20,24,30-31,39H,21-22H2,1-2H3/t24-,30-,31?,33-/m1/s1. The van der Waals surface area contributed by atoms with Crippen LogP contribution in [0.1, 0.15) is 52.6 Å². The number of aliphatic hydroxyl groups excluding tert-OH is 1. The zero-order valence-corrected chi connectivity index (χ0v) is 23.7. The van der Waals surface area contributed by atoms with E-state index >= 15 is 0 Å². The van der Waals surface area contributed by atoms with E-state index in [0.29, 0.717) is 22.3 Å². The second-order valence-corrected chi connectivity index (χ2v) is 10.5. The molecule has 43 heavy (non-hydrogen) atoms. The smallest absolute Gasteiger partial charge is 0.416 e. The number of carbonyl (C=O) groups is 1. The van der Waals surface area contributed by atoms with E-state index in [4.69, 9.17) is 14.2 Å². The van der Waals surface area contributed by atoms with Crippen molar-refractivity contribution in [2.24, 2.45) is 0 Å². The number of nitrogens with zero attached hydrogens (tertiary/aromatic N) is 1. The predicted molar refractivity (Wildman–Crippen MR) is 153 cm³/mol. The van der Waals surface area contributed by atoms with Crippen LogP contribution in [0.4, 0.5) is 18.0 Å². The molecule has 4 aromatic rings. The molecule has 0 bridgehead atoms. The van der Waals surface area contributed by atoms with Crippen LogP contribution in [0.25, 0.3) is 0 Å². The maximum Gasteiger partial charge on any atom is 0.416 e. The molecule has 0 aromatic heterocycles. The van der Waals surface area contributed by atoms with Crippen LogP contribution < -0.4 is 0 Å². The fourth-order valence-corrected chi connectivity index (χ4v) is 5.31. The minimum atomic E-state index is -4.52. The highest BCUT2D eigenvalue weighted by Crippen LogP contribution is 2.48. The molecule has 1 amide bonds. The largest absolute Gasteiger partial charge is 0.444 e. The van der Waals surface area contributed by atoms with Gasteiger partial charge in [-0.3, -0.25) is 4.90 Å². The van der Waals surface area contributed by atoms with E-state index in [9.17, 15) is 23.1 Å². The van der Waals surface area contributed by atoms with Gasteiger partial charge < -0.3 is 19.3 Å². The van der Waals surface area contributed by atoms with Crippen LogP contribution in [0.3, 0.4) is 0 Å². The first-order valence-corrected chi connectivity index (χ1v) is 13.8. The van der Waals surface area contributed by atoms with Gasteiger partial charge in [-0.1, -0.05) is 103 Å². The summed E-state index contributed by atoms with van der Waals surface area (Å²) in [5.41, 5.74) is 0.209. The van der Waals surface area contributed by atoms with Crippen molar-refractivity contribution >= 4 is 6.09 Å². The number of hydrogen-bond acceptors (Lipinski definition) is 5. The maximum atomic E-state index is 14.0. The van der Waals surface area contributed by atoms with Crippen LogP contribution in [0.2, 0.25) is 0 Å². The normalized spacial score (nSPS) is 21.0. The zero-order chi connectivity index (χ0) is 30.6. The van der Waals surface area contributed by atoms with E-state index in [1.165, 1.54) is 4.90 Å². The molecule has 0 aliphatic carbocycles. The fourth-order valence-electron chi connectivity index (χ4n) is 5.31. The summed E-state index contributed by atoms with van der Waals surface area (Å²) >= 11 is 0. The number of rotatable bonds is 8. The Balaban J connectivity index is 1.54. The van der Waals surface area contributed by atoms with E-state index in [-0.39, 0.29) is 13.2 Å². The van der Waals surface area contributed by atoms with Crippen LogP contribution >= 0.6 is 0 Å². The lowest BCUT2D eigenvalue weighted by atomic mass is 9.88.